The van der Waals surface area contributed by atoms with E-state index in [1.165, 1.54) is 22.2 Å². The van der Waals surface area contributed by atoms with Crippen LogP contribution in [0.4, 0.5) is 11.4 Å². The number of allylic oxidation sites excluding steroid dienone is 5. The Hall–Kier alpha value is -6.67. The largest absolute Gasteiger partial charge is 0.513 e. The summed E-state index contributed by atoms with van der Waals surface area (Å²) in [5, 5.41) is 14.4. The van der Waals surface area contributed by atoms with Gasteiger partial charge in [0.25, 0.3) is 0 Å². The normalized spacial score (nSPS) is 15.1. The van der Waals surface area contributed by atoms with Crippen molar-refractivity contribution in [3.63, 3.8) is 0 Å². The van der Waals surface area contributed by atoms with Crippen LogP contribution in [0.1, 0.15) is 48.4 Å². The fourth-order valence-corrected chi connectivity index (χ4v) is 9.25. The zero-order valence-electron chi connectivity index (χ0n) is 34.3. The van der Waals surface area contributed by atoms with Gasteiger partial charge >= 0.3 is 0 Å². The summed E-state index contributed by atoms with van der Waals surface area (Å²) in [5.74, 6) is 2.49. The van der Waals surface area contributed by atoms with E-state index in [1.54, 1.807) is 0 Å². The van der Waals surface area contributed by atoms with Crippen LogP contribution < -0.4 is 26.8 Å². The van der Waals surface area contributed by atoms with Gasteiger partial charge in [0.15, 0.2) is 11.6 Å². The molecule has 0 spiro atoms. The van der Waals surface area contributed by atoms with Crippen LogP contribution in [-0.2, 0) is 0 Å². The molecule has 0 bridgehead atoms. The van der Waals surface area contributed by atoms with Crippen molar-refractivity contribution < 1.29 is 9.52 Å². The quantitative estimate of drug-likeness (QED) is 0.197. The first-order chi connectivity index (χ1) is 28.7. The molecule has 59 heavy (non-hydrogen) atoms. The SMILES string of the molecule is B/C(=C(\O)CC)c1oc2c(B)c(B)c(B)c(B)c2c1C(=C)c1nc(-c2ccccc2)nc(-n2c3ccccc3c3ccc4c(c32)N(c2ccccc2)C2=CC=CCC24)n1. The van der Waals surface area contributed by atoms with Crippen molar-refractivity contribution in [2.75, 3.05) is 4.90 Å². The molecule has 1 unspecified atom stereocenters. The number of benzene rings is 5. The molecule has 280 valence electrons. The first kappa shape index (κ1) is 36.7. The predicted molar refractivity (Wildman–Crippen MR) is 258 cm³/mol. The number of aliphatic hydroxyl groups is 1. The summed E-state index contributed by atoms with van der Waals surface area (Å²) in [6, 6.07) is 33.8. The van der Waals surface area contributed by atoms with Crippen LogP contribution in [0.15, 0.2) is 138 Å². The van der Waals surface area contributed by atoms with E-state index in [0.29, 0.717) is 40.8 Å². The van der Waals surface area contributed by atoms with Gasteiger partial charge in [0.05, 0.1) is 22.5 Å². The van der Waals surface area contributed by atoms with E-state index in [4.69, 9.17) is 25.9 Å². The number of rotatable bonds is 7. The smallest absolute Gasteiger partial charge is 0.238 e. The highest BCUT2D eigenvalue weighted by molar-refractivity contribution is 6.66. The minimum atomic E-state index is 0.210. The number of fused-ring (bicyclic) bond motifs is 8. The van der Waals surface area contributed by atoms with Gasteiger partial charge < -0.3 is 14.4 Å². The Kier molecular flexibility index (Phi) is 8.71. The predicted octanol–water partition coefficient (Wildman–Crippen LogP) is 3.83. The first-order valence-corrected chi connectivity index (χ1v) is 20.4. The Morgan fingerprint density at radius 1 is 0.831 bits per heavy atom. The third-order valence-electron chi connectivity index (χ3n) is 12.7. The summed E-state index contributed by atoms with van der Waals surface area (Å²) in [7, 11) is 10.4. The van der Waals surface area contributed by atoms with Crippen molar-refractivity contribution in [1.82, 2.24) is 19.5 Å². The molecule has 3 aromatic heterocycles. The molecule has 5 aromatic carbocycles. The fourth-order valence-electron chi connectivity index (χ4n) is 9.25. The Balaban J connectivity index is 1.30. The van der Waals surface area contributed by atoms with Crippen LogP contribution in [0.5, 0.6) is 0 Å². The topological polar surface area (TPSA) is 80.2 Å². The second-order valence-electron chi connectivity index (χ2n) is 15.8. The molecule has 1 aliphatic heterocycles. The average molecular weight is 761 g/mol. The Morgan fingerprint density at radius 2 is 1.54 bits per heavy atom. The van der Waals surface area contributed by atoms with E-state index >= 15 is 0 Å². The maximum atomic E-state index is 11.2. The summed E-state index contributed by atoms with van der Waals surface area (Å²) < 4.78 is 9.01. The second kappa shape index (κ2) is 14.0. The Labute approximate surface area is 347 Å². The standard InChI is InChI=1S/C47H40B5N5O2/c1-3-33(58)36(48)43-34(35-37(49)38(50)39(51)40(52)44(35)59-43)24(2)45-53-46(25-14-6-4-7-15-25)55-47(54-45)57-32-21-13-11-19-28(32)30-23-22-29-27-18-10-12-20-31(27)56(41(29)42(30)57)26-16-8-5-9-17-26/h4-17,19-23,27,58H,2-3,18,48-52H2,1H3/b36-33-. The second-order valence-corrected chi connectivity index (χ2v) is 15.8. The molecule has 8 aromatic rings. The lowest BCUT2D eigenvalue weighted by Gasteiger charge is -2.25. The summed E-state index contributed by atoms with van der Waals surface area (Å²) in [6.45, 7) is 6.70. The molecule has 1 N–H and O–H groups in total. The van der Waals surface area contributed by atoms with Crippen molar-refractivity contribution in [1.29, 1.82) is 0 Å². The maximum Gasteiger partial charge on any atom is 0.238 e. The number of anilines is 2. The molecule has 12 heteroatoms. The molecule has 0 fully saturated rings. The van der Waals surface area contributed by atoms with Crippen molar-refractivity contribution >= 4 is 116 Å². The molecule has 7 nitrogen and oxygen atoms in total. The number of hydrogen-bond donors (Lipinski definition) is 1. The number of aromatic nitrogens is 4. The molecule has 2 aliphatic rings. The zero-order valence-corrected chi connectivity index (χ0v) is 34.3. The van der Waals surface area contributed by atoms with Gasteiger partial charge in [-0.05, 0) is 41.7 Å². The van der Waals surface area contributed by atoms with Gasteiger partial charge in [-0.1, -0.05) is 121 Å². The van der Waals surface area contributed by atoms with E-state index in [-0.39, 0.29) is 11.7 Å². The third-order valence-corrected chi connectivity index (χ3v) is 12.7. The van der Waals surface area contributed by atoms with Crippen LogP contribution in [0.2, 0.25) is 0 Å². The van der Waals surface area contributed by atoms with Gasteiger partial charge in [0.1, 0.15) is 50.6 Å². The summed E-state index contributed by atoms with van der Waals surface area (Å²) in [5.41, 5.74) is 15.0. The average Bonchev–Trinajstić information content (AvgIpc) is 3.96. The van der Waals surface area contributed by atoms with E-state index in [0.717, 1.165) is 72.6 Å². The Morgan fingerprint density at radius 3 is 2.31 bits per heavy atom. The number of nitrogens with zero attached hydrogens (tertiary/aromatic N) is 5. The number of furan rings is 1. The van der Waals surface area contributed by atoms with Crippen LogP contribution >= 0.6 is 0 Å². The van der Waals surface area contributed by atoms with Crippen LogP contribution in [0.3, 0.4) is 0 Å². The van der Waals surface area contributed by atoms with Gasteiger partial charge in [-0.25, -0.2) is 4.98 Å². The Bertz CT molecular complexity index is 3170. The fraction of sp³-hybridized carbons (Fsp3) is 0.0851. The molecule has 0 saturated carbocycles. The van der Waals surface area contributed by atoms with Crippen molar-refractivity contribution in [3.05, 3.63) is 156 Å². The summed E-state index contributed by atoms with van der Waals surface area (Å²) in [6.07, 6.45) is 8.07. The first-order valence-electron chi connectivity index (χ1n) is 20.4. The molecule has 1 aliphatic carbocycles. The number of hydrogen-bond acceptors (Lipinski definition) is 6. The molecular formula is C47H40B5N5O2. The molecule has 1 atom stereocenters. The van der Waals surface area contributed by atoms with Crippen molar-refractivity contribution in [3.8, 4) is 17.3 Å². The third kappa shape index (κ3) is 5.53. The molecule has 10 rings (SSSR count). The van der Waals surface area contributed by atoms with E-state index in [9.17, 15) is 5.11 Å². The monoisotopic (exact) mass is 761 g/mol. The molecular weight excluding hydrogens is 721 g/mol. The van der Waals surface area contributed by atoms with Gasteiger partial charge in [-0.15, -0.1) is 5.46 Å². The number of aliphatic hydroxyl groups excluding tert-OH is 1. The number of para-hydroxylation sites is 2. The lowest BCUT2D eigenvalue weighted by atomic mass is 9.65. The highest BCUT2D eigenvalue weighted by Gasteiger charge is 2.38. The maximum absolute atomic E-state index is 11.2. The van der Waals surface area contributed by atoms with Crippen molar-refractivity contribution in [2.45, 2.75) is 25.7 Å². The van der Waals surface area contributed by atoms with Gasteiger partial charge in [-0.2, -0.15) is 9.97 Å². The molecule has 4 heterocycles. The van der Waals surface area contributed by atoms with Crippen molar-refractivity contribution in [2.24, 2.45) is 0 Å². The highest BCUT2D eigenvalue weighted by atomic mass is 16.3. The van der Waals surface area contributed by atoms with E-state index in [2.05, 4.69) is 126 Å². The lowest BCUT2D eigenvalue weighted by molar-refractivity contribution is 0.397. The molecule has 0 amide bonds. The minimum Gasteiger partial charge on any atom is -0.513 e. The summed E-state index contributed by atoms with van der Waals surface area (Å²) in [4.78, 5) is 18.4. The minimum absolute atomic E-state index is 0.210. The zero-order chi connectivity index (χ0) is 40.7. The van der Waals surface area contributed by atoms with Gasteiger partial charge in [0, 0.05) is 56.6 Å². The van der Waals surface area contributed by atoms with E-state index < -0.39 is 0 Å². The van der Waals surface area contributed by atoms with Crippen LogP contribution in [-0.4, -0.2) is 63.9 Å². The summed E-state index contributed by atoms with van der Waals surface area (Å²) >= 11 is 0. The molecule has 0 radical (unpaired) electrons. The lowest BCUT2D eigenvalue weighted by Crippen LogP contribution is -2.47. The van der Waals surface area contributed by atoms with Gasteiger partial charge in [-0.3, -0.25) is 4.57 Å². The molecule has 0 saturated heterocycles. The van der Waals surface area contributed by atoms with E-state index in [1.807, 2.05) is 45.1 Å². The van der Waals surface area contributed by atoms with Gasteiger partial charge in [0.2, 0.25) is 5.95 Å². The van der Waals surface area contributed by atoms with Crippen LogP contribution in [0.25, 0.3) is 61.2 Å². The van der Waals surface area contributed by atoms with Crippen LogP contribution in [0, 0.1) is 0 Å². The highest BCUT2D eigenvalue weighted by Crippen LogP contribution is 2.54.